The minimum absolute atomic E-state index is 0.128. The molecule has 7 heteroatoms. The number of halogens is 4. The molecule has 0 aliphatic heterocycles. The van der Waals surface area contributed by atoms with E-state index in [0.29, 0.717) is 9.75 Å². The third kappa shape index (κ3) is 3.54. The van der Waals surface area contributed by atoms with E-state index < -0.39 is 29.0 Å². The third-order valence-electron chi connectivity index (χ3n) is 2.41. The van der Waals surface area contributed by atoms with Gasteiger partial charge in [-0.2, -0.15) is 8.78 Å². The molecule has 0 aliphatic carbocycles. The van der Waals surface area contributed by atoms with Gasteiger partial charge >= 0.3 is 0 Å². The first-order valence-electron chi connectivity index (χ1n) is 5.76. The van der Waals surface area contributed by atoms with E-state index in [2.05, 4.69) is 11.8 Å². The van der Waals surface area contributed by atoms with Crippen LogP contribution in [0.5, 0.6) is 5.75 Å². The van der Waals surface area contributed by atoms with Crippen molar-refractivity contribution in [3.05, 3.63) is 51.2 Å². The van der Waals surface area contributed by atoms with Crippen LogP contribution in [0.3, 0.4) is 0 Å². The average Bonchev–Trinajstić information content (AvgIpc) is 2.91. The highest BCUT2D eigenvalue weighted by atomic mass is 32.1. The lowest BCUT2D eigenvalue weighted by Gasteiger charge is -2.08. The average molecular weight is 315 g/mol. The number of benzene rings is 1. The van der Waals surface area contributed by atoms with Crippen LogP contribution in [0.15, 0.2) is 18.2 Å². The number of ether oxygens (including phenoxy) is 1. The lowest BCUT2D eigenvalue weighted by Crippen LogP contribution is -2.02. The highest BCUT2D eigenvalue weighted by Crippen LogP contribution is 2.28. The molecule has 21 heavy (non-hydrogen) atoms. The molecular formula is C14H9F4NOS. The fourth-order valence-corrected chi connectivity index (χ4v) is 2.28. The fourth-order valence-electron chi connectivity index (χ4n) is 1.48. The van der Waals surface area contributed by atoms with Crippen molar-refractivity contribution in [2.45, 2.75) is 6.61 Å². The Morgan fingerprint density at radius 2 is 1.76 bits per heavy atom. The Morgan fingerprint density at radius 1 is 1.10 bits per heavy atom. The summed E-state index contributed by atoms with van der Waals surface area (Å²) in [4.78, 5) is 1.30. The van der Waals surface area contributed by atoms with Gasteiger partial charge < -0.3 is 10.5 Å². The second kappa shape index (κ2) is 6.61. The Morgan fingerprint density at radius 3 is 2.38 bits per heavy atom. The lowest BCUT2D eigenvalue weighted by atomic mass is 10.3. The number of hydrogen-bond acceptors (Lipinski definition) is 3. The summed E-state index contributed by atoms with van der Waals surface area (Å²) in [7, 11) is 0. The summed E-state index contributed by atoms with van der Waals surface area (Å²) < 4.78 is 57.6. The maximum Gasteiger partial charge on any atom is 0.203 e. The predicted octanol–water partition coefficient (Wildman–Crippen LogP) is 3.19. The predicted molar refractivity (Wildman–Crippen MR) is 70.9 cm³/mol. The quantitative estimate of drug-likeness (QED) is 0.536. The van der Waals surface area contributed by atoms with Gasteiger partial charge in [-0.25, -0.2) is 8.78 Å². The van der Waals surface area contributed by atoms with Crippen LogP contribution < -0.4 is 10.5 Å². The number of hydrogen-bond donors (Lipinski definition) is 1. The zero-order valence-corrected chi connectivity index (χ0v) is 11.4. The summed E-state index contributed by atoms with van der Waals surface area (Å²) in [5, 5.41) is 0. The highest BCUT2D eigenvalue weighted by molar-refractivity contribution is 7.12. The Kier molecular flexibility index (Phi) is 4.83. The van der Waals surface area contributed by atoms with Crippen molar-refractivity contribution >= 4 is 11.3 Å². The molecule has 2 nitrogen and oxygen atoms in total. The Hall–Kier alpha value is -2.04. The molecule has 0 spiro atoms. The molecule has 110 valence electrons. The minimum atomic E-state index is -1.56. The maximum absolute atomic E-state index is 13.4. The van der Waals surface area contributed by atoms with Crippen LogP contribution in [0.2, 0.25) is 0 Å². The van der Waals surface area contributed by atoms with Crippen LogP contribution in [0.25, 0.3) is 0 Å². The topological polar surface area (TPSA) is 35.2 Å². The van der Waals surface area contributed by atoms with Crippen LogP contribution >= 0.6 is 11.3 Å². The molecule has 1 heterocycles. The first kappa shape index (κ1) is 15.4. The highest BCUT2D eigenvalue weighted by Gasteiger charge is 2.20. The van der Waals surface area contributed by atoms with E-state index in [4.69, 9.17) is 10.5 Å². The van der Waals surface area contributed by atoms with Crippen molar-refractivity contribution in [2.75, 3.05) is 6.54 Å². The molecule has 2 rings (SSSR count). The first-order chi connectivity index (χ1) is 10.0. The summed E-state index contributed by atoms with van der Waals surface area (Å²) >= 11 is 1.23. The SMILES string of the molecule is NCC#Cc1ccc(COc2c(F)c(F)cc(F)c2F)s1. The molecule has 1 aromatic heterocycles. The monoisotopic (exact) mass is 315 g/mol. The molecule has 0 saturated carbocycles. The van der Waals surface area contributed by atoms with Crippen molar-refractivity contribution in [3.8, 4) is 17.6 Å². The van der Waals surface area contributed by atoms with Gasteiger partial charge in [0.15, 0.2) is 17.4 Å². The molecule has 2 N–H and O–H groups in total. The normalized spacial score (nSPS) is 10.1. The molecular weight excluding hydrogens is 306 g/mol. The van der Waals surface area contributed by atoms with Crippen molar-refractivity contribution in [2.24, 2.45) is 5.73 Å². The second-order valence-electron chi connectivity index (χ2n) is 3.86. The van der Waals surface area contributed by atoms with Gasteiger partial charge in [0.05, 0.1) is 11.4 Å². The first-order valence-corrected chi connectivity index (χ1v) is 6.58. The number of nitrogens with two attached hydrogens (primary N) is 1. The smallest absolute Gasteiger partial charge is 0.203 e. The minimum Gasteiger partial charge on any atom is -0.482 e. The van der Waals surface area contributed by atoms with Gasteiger partial charge in [-0.05, 0) is 12.1 Å². The molecule has 0 fully saturated rings. The summed E-state index contributed by atoms with van der Waals surface area (Å²) in [5.41, 5.74) is 5.23. The van der Waals surface area contributed by atoms with Gasteiger partial charge in [-0.3, -0.25) is 0 Å². The van der Waals surface area contributed by atoms with Crippen LogP contribution in [-0.4, -0.2) is 6.54 Å². The third-order valence-corrected chi connectivity index (χ3v) is 3.38. The van der Waals surface area contributed by atoms with Gasteiger partial charge in [0.1, 0.15) is 6.61 Å². The molecule has 0 aliphatic rings. The Bertz CT molecular complexity index is 691. The Balaban J connectivity index is 2.15. The van der Waals surface area contributed by atoms with Gasteiger partial charge in [0.25, 0.3) is 0 Å². The van der Waals surface area contributed by atoms with Crippen LogP contribution in [-0.2, 0) is 6.61 Å². The van der Waals surface area contributed by atoms with E-state index in [1.54, 1.807) is 12.1 Å². The van der Waals surface area contributed by atoms with E-state index in [-0.39, 0.29) is 19.2 Å². The molecule has 0 amide bonds. The van der Waals surface area contributed by atoms with Gasteiger partial charge in [-0.15, -0.1) is 11.3 Å². The summed E-state index contributed by atoms with van der Waals surface area (Å²) in [6.07, 6.45) is 0. The van der Waals surface area contributed by atoms with E-state index >= 15 is 0 Å². The largest absolute Gasteiger partial charge is 0.482 e. The van der Waals surface area contributed by atoms with E-state index in [9.17, 15) is 17.6 Å². The van der Waals surface area contributed by atoms with E-state index in [0.717, 1.165) is 0 Å². The molecule has 0 unspecified atom stereocenters. The lowest BCUT2D eigenvalue weighted by molar-refractivity contribution is 0.264. The molecule has 0 bridgehead atoms. The zero-order chi connectivity index (χ0) is 15.4. The summed E-state index contributed by atoms with van der Waals surface area (Å²) in [6, 6.07) is 3.45. The second-order valence-corrected chi connectivity index (χ2v) is 5.03. The molecule has 0 atom stereocenters. The van der Waals surface area contributed by atoms with Crippen molar-refractivity contribution in [1.29, 1.82) is 0 Å². The number of rotatable bonds is 3. The molecule has 0 saturated heterocycles. The van der Waals surface area contributed by atoms with E-state index in [1.165, 1.54) is 11.3 Å². The number of thiophene rings is 1. The standard InChI is InChI=1S/C14H9F4NOS/c15-10-6-11(16)13(18)14(12(10)17)20-7-9-4-3-8(21-9)2-1-5-19/h3-4,6H,5,7,19H2. The summed E-state index contributed by atoms with van der Waals surface area (Å²) in [6.45, 7) is -0.0194. The Labute approximate surface area is 122 Å². The van der Waals surface area contributed by atoms with Crippen LogP contribution in [0.4, 0.5) is 17.6 Å². The van der Waals surface area contributed by atoms with Gasteiger partial charge in [0, 0.05) is 10.9 Å². The molecule has 2 aromatic rings. The van der Waals surface area contributed by atoms with Crippen molar-refractivity contribution < 1.29 is 22.3 Å². The van der Waals surface area contributed by atoms with Crippen LogP contribution in [0, 0.1) is 35.1 Å². The van der Waals surface area contributed by atoms with Crippen molar-refractivity contribution in [3.63, 3.8) is 0 Å². The van der Waals surface area contributed by atoms with E-state index in [1.807, 2.05) is 0 Å². The van der Waals surface area contributed by atoms with Crippen molar-refractivity contribution in [1.82, 2.24) is 0 Å². The summed E-state index contributed by atoms with van der Waals surface area (Å²) in [5.74, 6) is -1.78. The van der Waals surface area contributed by atoms with Gasteiger partial charge in [0.2, 0.25) is 11.6 Å². The fraction of sp³-hybridized carbons (Fsp3) is 0.143. The maximum atomic E-state index is 13.4. The van der Waals surface area contributed by atoms with Crippen LogP contribution in [0.1, 0.15) is 9.75 Å². The van der Waals surface area contributed by atoms with Gasteiger partial charge in [-0.1, -0.05) is 11.8 Å². The zero-order valence-electron chi connectivity index (χ0n) is 10.6. The molecule has 0 radical (unpaired) electrons. The molecule has 1 aromatic carbocycles.